The Morgan fingerprint density at radius 1 is 1.19 bits per heavy atom. The minimum absolute atomic E-state index is 0.586. The van der Waals surface area contributed by atoms with Gasteiger partial charge >= 0.3 is 0 Å². The van der Waals surface area contributed by atoms with Gasteiger partial charge in [-0.05, 0) is 29.1 Å². The monoisotopic (exact) mass is 235 g/mol. The van der Waals surface area contributed by atoms with Gasteiger partial charge in [0.25, 0.3) is 0 Å². The van der Waals surface area contributed by atoms with Crippen molar-refractivity contribution in [1.82, 2.24) is 0 Å². The third kappa shape index (κ3) is 1.84. The molecule has 0 aliphatic carbocycles. The lowest BCUT2D eigenvalue weighted by molar-refractivity contribution is 0.356. The van der Waals surface area contributed by atoms with Crippen LogP contribution in [0.2, 0.25) is 0 Å². The molecule has 1 aromatic carbocycles. The second-order valence-electron chi connectivity index (χ2n) is 3.28. The van der Waals surface area contributed by atoms with Crippen molar-refractivity contribution in [3.63, 3.8) is 0 Å². The second kappa shape index (κ2) is 4.45. The fourth-order valence-corrected chi connectivity index (χ4v) is 2.29. The van der Waals surface area contributed by atoms with Crippen molar-refractivity contribution in [2.45, 2.75) is 0 Å². The lowest BCUT2D eigenvalue weighted by Crippen LogP contribution is -1.96. The van der Waals surface area contributed by atoms with Crippen molar-refractivity contribution in [1.29, 1.82) is 0 Å². The molecule has 2 rings (SSSR count). The maximum Gasteiger partial charge on any atom is 0.183 e. The van der Waals surface area contributed by atoms with Gasteiger partial charge < -0.3 is 15.2 Å². The van der Waals surface area contributed by atoms with Gasteiger partial charge in [-0.2, -0.15) is 0 Å². The second-order valence-corrected chi connectivity index (χ2v) is 4.23. The zero-order valence-corrected chi connectivity index (χ0v) is 10.0. The van der Waals surface area contributed by atoms with E-state index in [2.05, 4.69) is 0 Å². The Kier molecular flexibility index (Phi) is 3.01. The summed E-state index contributed by atoms with van der Waals surface area (Å²) in [6.45, 7) is 0. The van der Waals surface area contributed by atoms with Gasteiger partial charge in [-0.3, -0.25) is 0 Å². The highest BCUT2D eigenvalue weighted by Gasteiger charge is 2.11. The number of hydrogen-bond donors (Lipinski definition) is 1. The predicted octanol–water partition coefficient (Wildman–Crippen LogP) is 3.01. The molecule has 3 nitrogen and oxygen atoms in total. The van der Waals surface area contributed by atoms with E-state index in [0.29, 0.717) is 17.2 Å². The first-order valence-corrected chi connectivity index (χ1v) is 5.69. The summed E-state index contributed by atoms with van der Waals surface area (Å²) in [5.74, 6) is 1.24. The van der Waals surface area contributed by atoms with Crippen LogP contribution in [0.1, 0.15) is 0 Å². The van der Waals surface area contributed by atoms with Gasteiger partial charge in [0.1, 0.15) is 0 Å². The van der Waals surface area contributed by atoms with Crippen LogP contribution in [0.5, 0.6) is 11.5 Å². The molecule has 2 aromatic rings. The topological polar surface area (TPSA) is 44.5 Å². The van der Waals surface area contributed by atoms with Gasteiger partial charge in [-0.1, -0.05) is 6.07 Å². The predicted molar refractivity (Wildman–Crippen MR) is 67.3 cm³/mol. The molecular weight excluding hydrogens is 222 g/mol. The number of thiophene rings is 1. The quantitative estimate of drug-likeness (QED) is 0.832. The highest BCUT2D eigenvalue weighted by Crippen LogP contribution is 2.38. The fraction of sp³-hybridized carbons (Fsp3) is 0.167. The molecule has 16 heavy (non-hydrogen) atoms. The molecule has 0 unspecified atom stereocenters. The van der Waals surface area contributed by atoms with E-state index < -0.39 is 0 Å². The molecule has 0 spiro atoms. The van der Waals surface area contributed by atoms with E-state index >= 15 is 0 Å². The number of methoxy groups -OCH3 is 2. The molecule has 4 heteroatoms. The summed E-state index contributed by atoms with van der Waals surface area (Å²) < 4.78 is 10.4. The van der Waals surface area contributed by atoms with Crippen molar-refractivity contribution in [3.8, 4) is 21.9 Å². The molecule has 0 saturated carbocycles. The molecule has 0 fully saturated rings. The summed E-state index contributed by atoms with van der Waals surface area (Å²) >= 11 is 1.67. The Bertz CT molecular complexity index is 480. The van der Waals surface area contributed by atoms with E-state index in [1.807, 2.05) is 29.6 Å². The molecule has 0 radical (unpaired) electrons. The molecule has 1 aromatic heterocycles. The summed E-state index contributed by atoms with van der Waals surface area (Å²) in [6, 6.07) is 7.88. The Morgan fingerprint density at radius 2 is 2.00 bits per heavy atom. The maximum absolute atomic E-state index is 5.91. The lowest BCUT2D eigenvalue weighted by Gasteiger charge is -2.11. The molecule has 2 N–H and O–H groups in total. The van der Waals surface area contributed by atoms with Crippen LogP contribution < -0.4 is 15.2 Å². The number of hydrogen-bond acceptors (Lipinski definition) is 4. The van der Waals surface area contributed by atoms with Crippen molar-refractivity contribution < 1.29 is 9.47 Å². The zero-order valence-electron chi connectivity index (χ0n) is 9.19. The van der Waals surface area contributed by atoms with Gasteiger partial charge in [0.15, 0.2) is 11.5 Å². The lowest BCUT2D eigenvalue weighted by atomic mass is 10.1. The maximum atomic E-state index is 5.91. The van der Waals surface area contributed by atoms with E-state index in [1.54, 1.807) is 25.6 Å². The SMILES string of the molecule is COc1cc(-c2cccs2)cc(N)c1OC. The first-order valence-electron chi connectivity index (χ1n) is 4.81. The van der Waals surface area contributed by atoms with E-state index in [1.165, 1.54) is 0 Å². The van der Waals surface area contributed by atoms with Crippen LogP contribution in [-0.2, 0) is 0 Å². The smallest absolute Gasteiger partial charge is 0.183 e. The largest absolute Gasteiger partial charge is 0.493 e. The number of nitrogen functional groups attached to an aromatic ring is 1. The number of benzene rings is 1. The molecule has 0 saturated heterocycles. The third-order valence-corrected chi connectivity index (χ3v) is 3.23. The van der Waals surface area contributed by atoms with Crippen molar-refractivity contribution in [2.24, 2.45) is 0 Å². The Balaban J connectivity index is 2.54. The zero-order chi connectivity index (χ0) is 11.5. The Labute approximate surface area is 98.4 Å². The van der Waals surface area contributed by atoms with E-state index in [-0.39, 0.29) is 0 Å². The van der Waals surface area contributed by atoms with Crippen LogP contribution >= 0.6 is 11.3 Å². The van der Waals surface area contributed by atoms with Crippen LogP contribution in [0.25, 0.3) is 10.4 Å². The normalized spacial score (nSPS) is 10.1. The Hall–Kier alpha value is -1.68. The number of ether oxygens (including phenoxy) is 2. The van der Waals surface area contributed by atoms with E-state index in [4.69, 9.17) is 15.2 Å². The van der Waals surface area contributed by atoms with Crippen molar-refractivity contribution in [3.05, 3.63) is 29.6 Å². The van der Waals surface area contributed by atoms with Crippen LogP contribution in [0.3, 0.4) is 0 Å². The molecule has 0 atom stereocenters. The van der Waals surface area contributed by atoms with Gasteiger partial charge in [0.05, 0.1) is 19.9 Å². The first kappa shape index (κ1) is 10.8. The van der Waals surface area contributed by atoms with Gasteiger partial charge in [-0.25, -0.2) is 0 Å². The highest BCUT2D eigenvalue weighted by atomic mass is 32.1. The van der Waals surface area contributed by atoms with Gasteiger partial charge in [0, 0.05) is 4.88 Å². The fourth-order valence-electron chi connectivity index (χ4n) is 1.58. The minimum Gasteiger partial charge on any atom is -0.493 e. The minimum atomic E-state index is 0.586. The average molecular weight is 235 g/mol. The Morgan fingerprint density at radius 3 is 2.56 bits per heavy atom. The molecule has 0 aliphatic rings. The van der Waals surface area contributed by atoms with Crippen molar-refractivity contribution >= 4 is 17.0 Å². The molecule has 0 amide bonds. The summed E-state index contributed by atoms with van der Waals surface area (Å²) in [6.07, 6.45) is 0. The van der Waals surface area contributed by atoms with Gasteiger partial charge in [-0.15, -0.1) is 11.3 Å². The number of rotatable bonds is 3. The first-order chi connectivity index (χ1) is 7.76. The van der Waals surface area contributed by atoms with E-state index in [0.717, 1.165) is 10.4 Å². The van der Waals surface area contributed by atoms with Crippen LogP contribution in [0, 0.1) is 0 Å². The van der Waals surface area contributed by atoms with E-state index in [9.17, 15) is 0 Å². The van der Waals surface area contributed by atoms with Crippen LogP contribution in [0.15, 0.2) is 29.6 Å². The molecular formula is C12H13NO2S. The average Bonchev–Trinajstić information content (AvgIpc) is 2.81. The molecule has 84 valence electrons. The van der Waals surface area contributed by atoms with Gasteiger partial charge in [0.2, 0.25) is 0 Å². The number of nitrogens with two attached hydrogens (primary N) is 1. The highest BCUT2D eigenvalue weighted by molar-refractivity contribution is 7.13. The van der Waals surface area contributed by atoms with Crippen LogP contribution in [-0.4, -0.2) is 14.2 Å². The summed E-state index contributed by atoms with van der Waals surface area (Å²) in [5, 5.41) is 2.03. The third-order valence-electron chi connectivity index (χ3n) is 2.31. The molecule has 1 heterocycles. The summed E-state index contributed by atoms with van der Waals surface area (Å²) in [5.41, 5.74) is 7.55. The standard InChI is InChI=1S/C12H13NO2S/c1-14-10-7-8(11-4-3-5-16-11)6-9(13)12(10)15-2/h3-7H,13H2,1-2H3. The summed E-state index contributed by atoms with van der Waals surface area (Å²) in [4.78, 5) is 1.16. The molecule has 0 bridgehead atoms. The molecule has 0 aliphatic heterocycles. The van der Waals surface area contributed by atoms with Crippen LogP contribution in [0.4, 0.5) is 5.69 Å². The van der Waals surface area contributed by atoms with Crippen molar-refractivity contribution in [2.75, 3.05) is 20.0 Å². The summed E-state index contributed by atoms with van der Waals surface area (Å²) in [7, 11) is 3.19. The number of anilines is 1.